The van der Waals surface area contributed by atoms with Crippen molar-refractivity contribution in [1.82, 2.24) is 15.6 Å². The number of hydrogen-bond donors (Lipinski definition) is 2. The molecule has 0 aliphatic rings. The molecule has 1 aromatic carbocycles. The summed E-state index contributed by atoms with van der Waals surface area (Å²) in [6.45, 7) is 5.73. The van der Waals surface area contributed by atoms with E-state index in [9.17, 15) is 14.0 Å². The van der Waals surface area contributed by atoms with Gasteiger partial charge >= 0.3 is 0 Å². The second-order valence-corrected chi connectivity index (χ2v) is 7.02. The molecule has 0 spiro atoms. The van der Waals surface area contributed by atoms with Crippen molar-refractivity contribution in [3.63, 3.8) is 0 Å². The molecule has 0 fully saturated rings. The zero-order valence-corrected chi connectivity index (χ0v) is 16.3. The smallest absolute Gasteiger partial charge is 0.263 e. The third-order valence-electron chi connectivity index (χ3n) is 3.37. The molecule has 0 bridgehead atoms. The summed E-state index contributed by atoms with van der Waals surface area (Å²) in [5, 5.41) is 6.19. The van der Waals surface area contributed by atoms with Crippen molar-refractivity contribution in [2.45, 2.75) is 19.8 Å². The summed E-state index contributed by atoms with van der Waals surface area (Å²) >= 11 is 6.93. The first kappa shape index (κ1) is 20.9. The molecular formula is C18H19ClFN3O3S. The number of amides is 2. The first-order chi connectivity index (χ1) is 12.9. The van der Waals surface area contributed by atoms with Crippen LogP contribution in [0.15, 0.2) is 36.7 Å². The van der Waals surface area contributed by atoms with E-state index in [0.717, 1.165) is 17.5 Å². The van der Waals surface area contributed by atoms with Gasteiger partial charge < -0.3 is 15.4 Å². The van der Waals surface area contributed by atoms with Crippen LogP contribution in [-0.4, -0.2) is 29.9 Å². The molecule has 0 saturated heterocycles. The molecule has 2 rings (SSSR count). The predicted molar refractivity (Wildman–Crippen MR) is 103 cm³/mol. The van der Waals surface area contributed by atoms with Crippen LogP contribution in [0.1, 0.15) is 28.0 Å². The molecule has 144 valence electrons. The van der Waals surface area contributed by atoms with Gasteiger partial charge in [0.25, 0.3) is 11.8 Å². The fourth-order valence-electron chi connectivity index (χ4n) is 2.00. The molecule has 1 aromatic heterocycles. The standard InChI is InChI=1S/C18H19ClFN3O3S/c1-3-17-22-9-15(27-17)18(25)21-7-6-11(2)23-16(24)10-26-12-4-5-13(19)14(20)8-12/h4-5,8-9H,2-3,6-7,10H2,1H3,(H,21,25)(H,23,24). The highest BCUT2D eigenvalue weighted by molar-refractivity contribution is 7.13. The van der Waals surface area contributed by atoms with Crippen LogP contribution < -0.4 is 15.4 Å². The van der Waals surface area contributed by atoms with Crippen LogP contribution >= 0.6 is 22.9 Å². The number of thiazole rings is 1. The first-order valence-electron chi connectivity index (χ1n) is 8.17. The van der Waals surface area contributed by atoms with Gasteiger partial charge in [-0.1, -0.05) is 25.1 Å². The van der Waals surface area contributed by atoms with Gasteiger partial charge in [-0.3, -0.25) is 9.59 Å². The van der Waals surface area contributed by atoms with Gasteiger partial charge in [-0.15, -0.1) is 11.3 Å². The van der Waals surface area contributed by atoms with Gasteiger partial charge in [0.1, 0.15) is 16.4 Å². The zero-order chi connectivity index (χ0) is 19.8. The third-order valence-corrected chi connectivity index (χ3v) is 4.82. The summed E-state index contributed by atoms with van der Waals surface area (Å²) in [6, 6.07) is 3.91. The van der Waals surface area contributed by atoms with E-state index in [1.54, 1.807) is 6.20 Å². The quantitative estimate of drug-likeness (QED) is 0.663. The van der Waals surface area contributed by atoms with Crippen LogP contribution in [0.25, 0.3) is 0 Å². The van der Waals surface area contributed by atoms with Gasteiger partial charge in [-0.2, -0.15) is 0 Å². The fraction of sp³-hybridized carbons (Fsp3) is 0.278. The molecule has 0 aliphatic carbocycles. The van der Waals surface area contributed by atoms with Crippen molar-refractivity contribution in [3.8, 4) is 5.75 Å². The van der Waals surface area contributed by atoms with Gasteiger partial charge in [0.2, 0.25) is 0 Å². The SMILES string of the molecule is C=C(CCNC(=O)c1cnc(CC)s1)NC(=O)COc1ccc(Cl)c(F)c1. The van der Waals surface area contributed by atoms with E-state index in [2.05, 4.69) is 22.2 Å². The molecule has 1 heterocycles. The largest absolute Gasteiger partial charge is 0.484 e. The van der Waals surface area contributed by atoms with E-state index in [0.29, 0.717) is 23.5 Å². The van der Waals surface area contributed by atoms with Gasteiger partial charge in [0.15, 0.2) is 6.61 Å². The van der Waals surface area contributed by atoms with Crippen LogP contribution in [0.3, 0.4) is 0 Å². The van der Waals surface area contributed by atoms with Crippen LogP contribution in [0.4, 0.5) is 4.39 Å². The summed E-state index contributed by atoms with van der Waals surface area (Å²) in [7, 11) is 0. The second kappa shape index (κ2) is 10.0. The molecule has 9 heteroatoms. The van der Waals surface area contributed by atoms with E-state index in [-0.39, 0.29) is 23.3 Å². The number of benzene rings is 1. The average Bonchev–Trinajstić information content (AvgIpc) is 3.12. The Morgan fingerprint density at radius 1 is 1.41 bits per heavy atom. The Bertz CT molecular complexity index is 841. The minimum Gasteiger partial charge on any atom is -0.484 e. The maximum Gasteiger partial charge on any atom is 0.263 e. The monoisotopic (exact) mass is 411 g/mol. The van der Waals surface area contributed by atoms with Gasteiger partial charge in [-0.05, 0) is 18.6 Å². The van der Waals surface area contributed by atoms with E-state index in [1.165, 1.54) is 23.5 Å². The summed E-state index contributed by atoms with van der Waals surface area (Å²) in [5.74, 6) is -1.07. The number of rotatable bonds is 9. The van der Waals surface area contributed by atoms with E-state index < -0.39 is 11.7 Å². The topological polar surface area (TPSA) is 80.3 Å². The second-order valence-electron chi connectivity index (χ2n) is 5.49. The number of halogens is 2. The maximum atomic E-state index is 13.3. The number of aromatic nitrogens is 1. The molecule has 0 atom stereocenters. The minimum atomic E-state index is -0.623. The molecule has 6 nitrogen and oxygen atoms in total. The molecule has 0 saturated carbocycles. The van der Waals surface area contributed by atoms with Crippen LogP contribution in [0.5, 0.6) is 5.75 Å². The lowest BCUT2D eigenvalue weighted by Crippen LogP contribution is -2.30. The Morgan fingerprint density at radius 2 is 2.19 bits per heavy atom. The Labute approximate surface area is 165 Å². The highest BCUT2D eigenvalue weighted by Gasteiger charge is 2.10. The summed E-state index contributed by atoms with van der Waals surface area (Å²) in [5.41, 5.74) is 0.435. The lowest BCUT2D eigenvalue weighted by atomic mass is 10.3. The van der Waals surface area contributed by atoms with Gasteiger partial charge in [0, 0.05) is 24.7 Å². The Balaban J connectivity index is 1.67. The van der Waals surface area contributed by atoms with Crippen molar-refractivity contribution in [2.75, 3.05) is 13.2 Å². The van der Waals surface area contributed by atoms with Crippen LogP contribution in [0.2, 0.25) is 5.02 Å². The van der Waals surface area contributed by atoms with Crippen molar-refractivity contribution in [2.24, 2.45) is 0 Å². The molecule has 2 aromatic rings. The van der Waals surface area contributed by atoms with Gasteiger partial charge in [0.05, 0.1) is 16.2 Å². The molecular weight excluding hydrogens is 393 g/mol. The first-order valence-corrected chi connectivity index (χ1v) is 9.37. The van der Waals surface area contributed by atoms with E-state index in [1.807, 2.05) is 6.92 Å². The van der Waals surface area contributed by atoms with Gasteiger partial charge in [-0.25, -0.2) is 9.37 Å². The van der Waals surface area contributed by atoms with Crippen LogP contribution in [-0.2, 0) is 11.2 Å². The number of carbonyl (C=O) groups is 2. The molecule has 0 aliphatic heterocycles. The zero-order valence-electron chi connectivity index (χ0n) is 14.7. The number of nitrogens with one attached hydrogen (secondary N) is 2. The predicted octanol–water partition coefficient (Wildman–Crippen LogP) is 3.33. The number of aryl methyl sites for hydroxylation is 1. The normalized spacial score (nSPS) is 10.3. The summed E-state index contributed by atoms with van der Waals surface area (Å²) in [4.78, 5) is 28.5. The molecule has 0 unspecified atom stereocenters. The van der Waals surface area contributed by atoms with E-state index >= 15 is 0 Å². The third kappa shape index (κ3) is 6.65. The highest BCUT2D eigenvalue weighted by Crippen LogP contribution is 2.20. The van der Waals surface area contributed by atoms with Crippen LogP contribution in [0, 0.1) is 5.82 Å². The lowest BCUT2D eigenvalue weighted by molar-refractivity contribution is -0.122. The number of hydrogen-bond acceptors (Lipinski definition) is 5. The van der Waals surface area contributed by atoms with Crippen molar-refractivity contribution < 1.29 is 18.7 Å². The van der Waals surface area contributed by atoms with Crippen molar-refractivity contribution in [1.29, 1.82) is 0 Å². The summed E-state index contributed by atoms with van der Waals surface area (Å²) in [6.07, 6.45) is 2.70. The molecule has 0 radical (unpaired) electrons. The fourth-order valence-corrected chi connectivity index (χ4v) is 2.90. The Kier molecular flexibility index (Phi) is 7.75. The minimum absolute atomic E-state index is 0.0218. The lowest BCUT2D eigenvalue weighted by Gasteiger charge is -2.10. The number of ether oxygens (including phenoxy) is 1. The average molecular weight is 412 g/mol. The number of nitrogens with zero attached hydrogens (tertiary/aromatic N) is 1. The summed E-state index contributed by atoms with van der Waals surface area (Å²) < 4.78 is 18.5. The Morgan fingerprint density at radius 3 is 2.85 bits per heavy atom. The molecule has 27 heavy (non-hydrogen) atoms. The number of carbonyl (C=O) groups excluding carboxylic acids is 2. The molecule has 2 N–H and O–H groups in total. The van der Waals surface area contributed by atoms with Crippen molar-refractivity contribution in [3.05, 3.63) is 57.4 Å². The van der Waals surface area contributed by atoms with E-state index in [4.69, 9.17) is 16.3 Å². The Hall–Kier alpha value is -2.45. The van der Waals surface area contributed by atoms with Crippen molar-refractivity contribution >= 4 is 34.8 Å². The molecule has 2 amide bonds. The maximum absolute atomic E-state index is 13.3. The highest BCUT2D eigenvalue weighted by atomic mass is 35.5.